The number of nitrogens with one attached hydrogen (secondary N) is 1. The van der Waals surface area contributed by atoms with Gasteiger partial charge in [0.25, 0.3) is 0 Å². The van der Waals surface area contributed by atoms with Gasteiger partial charge in [0.1, 0.15) is 5.82 Å². The summed E-state index contributed by atoms with van der Waals surface area (Å²) in [6.07, 6.45) is 4.35. The molecule has 3 heteroatoms. The molecule has 108 valence electrons. The maximum Gasteiger partial charge on any atom is 0.123 e. The molecule has 1 unspecified atom stereocenters. The summed E-state index contributed by atoms with van der Waals surface area (Å²) in [7, 11) is 0. The number of aryl methyl sites for hydroxylation is 2. The van der Waals surface area contributed by atoms with Crippen molar-refractivity contribution in [1.29, 1.82) is 0 Å². The average molecular weight is 271 g/mol. The first-order valence-corrected chi connectivity index (χ1v) is 7.57. The molecule has 0 saturated heterocycles. The van der Waals surface area contributed by atoms with Crippen LogP contribution in [0.2, 0.25) is 0 Å². The van der Waals surface area contributed by atoms with Crippen LogP contribution in [0.4, 0.5) is 0 Å². The molecule has 1 heterocycles. The number of imidazole rings is 1. The summed E-state index contributed by atoms with van der Waals surface area (Å²) in [5.41, 5.74) is 10.8. The topological polar surface area (TPSA) is 54.7 Å². The lowest BCUT2D eigenvalue weighted by molar-refractivity contribution is 0.579. The number of benzene rings is 1. The minimum absolute atomic E-state index is 0.0114. The molecule has 1 aromatic heterocycles. The number of aromatic nitrogens is 2. The van der Waals surface area contributed by atoms with Crippen molar-refractivity contribution >= 4 is 0 Å². The zero-order valence-corrected chi connectivity index (χ0v) is 12.7. The largest absolute Gasteiger partial charge is 0.344 e. The van der Waals surface area contributed by atoms with Crippen molar-refractivity contribution in [2.45, 2.75) is 52.5 Å². The lowest BCUT2D eigenvalue weighted by Gasteiger charge is -2.06. The van der Waals surface area contributed by atoms with E-state index in [1.807, 2.05) is 0 Å². The van der Waals surface area contributed by atoms with Crippen LogP contribution in [0.1, 0.15) is 56.2 Å². The molecule has 3 N–H and O–H groups in total. The molecular weight excluding hydrogens is 246 g/mol. The highest BCUT2D eigenvalue weighted by atomic mass is 15.0. The van der Waals surface area contributed by atoms with Gasteiger partial charge in [0.05, 0.1) is 11.7 Å². The van der Waals surface area contributed by atoms with E-state index in [-0.39, 0.29) is 6.04 Å². The van der Waals surface area contributed by atoms with Crippen molar-refractivity contribution < 1.29 is 0 Å². The summed E-state index contributed by atoms with van der Waals surface area (Å²) >= 11 is 0. The van der Waals surface area contributed by atoms with Gasteiger partial charge in [-0.3, -0.25) is 0 Å². The second-order valence-corrected chi connectivity index (χ2v) is 5.39. The summed E-state index contributed by atoms with van der Waals surface area (Å²) in [5, 5.41) is 0. The van der Waals surface area contributed by atoms with Gasteiger partial charge in [-0.15, -0.1) is 0 Å². The Bertz CT molecular complexity index is 540. The number of hydrogen-bond acceptors (Lipinski definition) is 2. The molecule has 2 rings (SSSR count). The number of aromatic amines is 1. The maximum atomic E-state index is 6.19. The SMILES string of the molecule is CCCCC(N)c1nc(-c2ccc(CC)cc2)c(C)[nH]1. The minimum atomic E-state index is 0.0114. The molecule has 1 aromatic carbocycles. The van der Waals surface area contributed by atoms with Crippen molar-refractivity contribution in [3.05, 3.63) is 41.3 Å². The third-order valence-electron chi connectivity index (χ3n) is 3.76. The fraction of sp³-hybridized carbons (Fsp3) is 0.471. The molecule has 0 aliphatic heterocycles. The number of H-pyrrole nitrogens is 1. The van der Waals surface area contributed by atoms with E-state index in [9.17, 15) is 0 Å². The lowest BCUT2D eigenvalue weighted by Crippen LogP contribution is -2.11. The van der Waals surface area contributed by atoms with Crippen molar-refractivity contribution in [3.63, 3.8) is 0 Å². The van der Waals surface area contributed by atoms with Crippen molar-refractivity contribution in [3.8, 4) is 11.3 Å². The van der Waals surface area contributed by atoms with Gasteiger partial charge in [0, 0.05) is 11.3 Å². The molecule has 0 amide bonds. The van der Waals surface area contributed by atoms with Crippen LogP contribution < -0.4 is 5.73 Å². The molecule has 0 aliphatic rings. The third-order valence-corrected chi connectivity index (χ3v) is 3.76. The molecule has 3 nitrogen and oxygen atoms in total. The van der Waals surface area contributed by atoms with Gasteiger partial charge >= 0.3 is 0 Å². The predicted molar refractivity (Wildman–Crippen MR) is 84.6 cm³/mol. The maximum absolute atomic E-state index is 6.19. The number of nitrogens with zero attached hydrogens (tertiary/aromatic N) is 1. The molecule has 0 bridgehead atoms. The minimum Gasteiger partial charge on any atom is -0.344 e. The van der Waals surface area contributed by atoms with E-state index in [1.165, 1.54) is 12.0 Å². The molecule has 0 saturated carbocycles. The fourth-order valence-corrected chi connectivity index (χ4v) is 2.40. The highest BCUT2D eigenvalue weighted by Gasteiger charge is 2.14. The summed E-state index contributed by atoms with van der Waals surface area (Å²) < 4.78 is 0. The van der Waals surface area contributed by atoms with Crippen molar-refractivity contribution in [2.24, 2.45) is 5.73 Å². The summed E-state index contributed by atoms with van der Waals surface area (Å²) in [6, 6.07) is 8.63. The Morgan fingerprint density at radius 1 is 1.20 bits per heavy atom. The monoisotopic (exact) mass is 271 g/mol. The molecule has 20 heavy (non-hydrogen) atoms. The van der Waals surface area contributed by atoms with Crippen LogP contribution in [0, 0.1) is 6.92 Å². The number of nitrogens with two attached hydrogens (primary N) is 1. The molecule has 0 radical (unpaired) electrons. The molecule has 0 spiro atoms. The van der Waals surface area contributed by atoms with Crippen LogP contribution in [0.25, 0.3) is 11.3 Å². The van der Waals surface area contributed by atoms with Gasteiger partial charge < -0.3 is 10.7 Å². The quantitative estimate of drug-likeness (QED) is 0.829. The van der Waals surface area contributed by atoms with Crippen LogP contribution >= 0.6 is 0 Å². The zero-order chi connectivity index (χ0) is 14.5. The molecular formula is C17H25N3. The van der Waals surface area contributed by atoms with Crippen LogP contribution in [-0.4, -0.2) is 9.97 Å². The summed E-state index contributed by atoms with van der Waals surface area (Å²) in [5.74, 6) is 0.908. The van der Waals surface area contributed by atoms with Gasteiger partial charge in [-0.2, -0.15) is 0 Å². The lowest BCUT2D eigenvalue weighted by atomic mass is 10.1. The second kappa shape index (κ2) is 6.71. The van der Waals surface area contributed by atoms with E-state index < -0.39 is 0 Å². The first kappa shape index (κ1) is 14.8. The van der Waals surface area contributed by atoms with Crippen LogP contribution in [0.15, 0.2) is 24.3 Å². The smallest absolute Gasteiger partial charge is 0.123 e. The van der Waals surface area contributed by atoms with E-state index in [1.54, 1.807) is 0 Å². The van der Waals surface area contributed by atoms with Gasteiger partial charge in [-0.05, 0) is 25.3 Å². The molecule has 2 aromatic rings. The molecule has 0 aliphatic carbocycles. The second-order valence-electron chi connectivity index (χ2n) is 5.39. The zero-order valence-electron chi connectivity index (χ0n) is 12.7. The Morgan fingerprint density at radius 2 is 1.90 bits per heavy atom. The Labute approximate surface area is 121 Å². The van der Waals surface area contributed by atoms with Crippen LogP contribution in [-0.2, 0) is 6.42 Å². The normalized spacial score (nSPS) is 12.6. The Kier molecular flexibility index (Phi) is 4.96. The van der Waals surface area contributed by atoms with Gasteiger partial charge in [0.2, 0.25) is 0 Å². The third kappa shape index (κ3) is 3.28. The Balaban J connectivity index is 2.21. The first-order chi connectivity index (χ1) is 9.65. The molecule has 1 atom stereocenters. The summed E-state index contributed by atoms with van der Waals surface area (Å²) in [6.45, 7) is 6.41. The fourth-order valence-electron chi connectivity index (χ4n) is 2.40. The van der Waals surface area contributed by atoms with Gasteiger partial charge in [-0.25, -0.2) is 4.98 Å². The Morgan fingerprint density at radius 3 is 2.50 bits per heavy atom. The van der Waals surface area contributed by atoms with E-state index in [0.29, 0.717) is 0 Å². The standard InChI is InChI=1S/C17H25N3/c1-4-6-7-15(18)17-19-12(3)16(20-17)14-10-8-13(5-2)9-11-14/h8-11,15H,4-7,18H2,1-3H3,(H,19,20). The summed E-state index contributed by atoms with van der Waals surface area (Å²) in [4.78, 5) is 8.05. The number of rotatable bonds is 6. The van der Waals surface area contributed by atoms with E-state index in [2.05, 4.69) is 50.0 Å². The van der Waals surface area contributed by atoms with Gasteiger partial charge in [0.15, 0.2) is 0 Å². The van der Waals surface area contributed by atoms with Crippen LogP contribution in [0.3, 0.4) is 0 Å². The average Bonchev–Trinajstić information content (AvgIpc) is 2.87. The van der Waals surface area contributed by atoms with Crippen molar-refractivity contribution in [1.82, 2.24) is 9.97 Å². The number of hydrogen-bond donors (Lipinski definition) is 2. The highest BCUT2D eigenvalue weighted by Crippen LogP contribution is 2.24. The van der Waals surface area contributed by atoms with E-state index in [0.717, 1.165) is 42.0 Å². The molecule has 0 fully saturated rings. The Hall–Kier alpha value is -1.61. The van der Waals surface area contributed by atoms with E-state index in [4.69, 9.17) is 10.7 Å². The number of unbranched alkanes of at least 4 members (excludes halogenated alkanes) is 1. The highest BCUT2D eigenvalue weighted by molar-refractivity contribution is 5.62. The first-order valence-electron chi connectivity index (χ1n) is 7.57. The van der Waals surface area contributed by atoms with E-state index >= 15 is 0 Å². The van der Waals surface area contributed by atoms with Crippen molar-refractivity contribution in [2.75, 3.05) is 0 Å². The van der Waals surface area contributed by atoms with Crippen LogP contribution in [0.5, 0.6) is 0 Å². The van der Waals surface area contributed by atoms with Gasteiger partial charge in [-0.1, -0.05) is 51.0 Å². The predicted octanol–water partition coefficient (Wildman–Crippen LogP) is 4.14.